The molecule has 0 saturated carbocycles. The molecule has 0 aliphatic carbocycles. The predicted molar refractivity (Wildman–Crippen MR) is 80.2 cm³/mol. The Morgan fingerprint density at radius 1 is 0.842 bits per heavy atom. The van der Waals surface area contributed by atoms with Gasteiger partial charge in [-0.25, -0.2) is 0 Å². The van der Waals surface area contributed by atoms with Crippen LogP contribution in [0.15, 0.2) is 60.8 Å². The van der Waals surface area contributed by atoms with E-state index < -0.39 is 0 Å². The summed E-state index contributed by atoms with van der Waals surface area (Å²) in [7, 11) is 0. The standard InChI is InChI=1S/C18H18N/c1-2-8-16(9-3-1)10-6-7-14-19-15-13-17-11-4-5-12-18(17)19/h1-5,8-9,11-12,15H,6-7,10,14H2. The molecule has 0 N–H and O–H groups in total. The first-order valence-electron chi connectivity index (χ1n) is 6.93. The summed E-state index contributed by atoms with van der Waals surface area (Å²) in [6, 6.07) is 22.5. The monoisotopic (exact) mass is 248 g/mol. The number of aromatic nitrogens is 1. The normalized spacial score (nSPS) is 10.9. The van der Waals surface area contributed by atoms with E-state index in [1.165, 1.54) is 35.7 Å². The maximum atomic E-state index is 3.31. The van der Waals surface area contributed by atoms with Gasteiger partial charge in [-0.15, -0.1) is 0 Å². The van der Waals surface area contributed by atoms with Crippen molar-refractivity contribution in [2.24, 2.45) is 0 Å². The van der Waals surface area contributed by atoms with Crippen molar-refractivity contribution in [3.63, 3.8) is 0 Å². The van der Waals surface area contributed by atoms with E-state index >= 15 is 0 Å². The maximum Gasteiger partial charge on any atom is 0.0486 e. The molecule has 0 amide bonds. The summed E-state index contributed by atoms with van der Waals surface area (Å²) >= 11 is 0. The molecule has 1 aromatic heterocycles. The van der Waals surface area contributed by atoms with Gasteiger partial charge in [-0.05, 0) is 30.9 Å². The van der Waals surface area contributed by atoms with Crippen LogP contribution in [0.2, 0.25) is 0 Å². The zero-order chi connectivity index (χ0) is 12.9. The van der Waals surface area contributed by atoms with Gasteiger partial charge in [0.25, 0.3) is 0 Å². The Kier molecular flexibility index (Phi) is 3.64. The van der Waals surface area contributed by atoms with Crippen molar-refractivity contribution in [3.8, 4) is 0 Å². The predicted octanol–water partition coefficient (Wildman–Crippen LogP) is 4.46. The van der Waals surface area contributed by atoms with Crippen LogP contribution in [0.3, 0.4) is 0 Å². The molecular formula is C18H18N. The van der Waals surface area contributed by atoms with E-state index in [0.29, 0.717) is 0 Å². The van der Waals surface area contributed by atoms with Crippen LogP contribution in [-0.2, 0) is 13.0 Å². The number of benzene rings is 2. The third kappa shape index (κ3) is 2.87. The highest BCUT2D eigenvalue weighted by atomic mass is 14.9. The average Bonchev–Trinajstić information content (AvgIpc) is 2.88. The number of para-hydroxylation sites is 1. The second-order valence-electron chi connectivity index (χ2n) is 4.93. The highest BCUT2D eigenvalue weighted by molar-refractivity contribution is 5.79. The molecule has 0 bridgehead atoms. The summed E-state index contributed by atoms with van der Waals surface area (Å²) in [5.74, 6) is 0. The van der Waals surface area contributed by atoms with Crippen molar-refractivity contribution in [1.29, 1.82) is 0 Å². The zero-order valence-electron chi connectivity index (χ0n) is 11.0. The van der Waals surface area contributed by atoms with Gasteiger partial charge < -0.3 is 4.57 Å². The molecule has 1 heterocycles. The zero-order valence-corrected chi connectivity index (χ0v) is 11.0. The second kappa shape index (κ2) is 5.75. The Morgan fingerprint density at radius 2 is 1.63 bits per heavy atom. The Morgan fingerprint density at radius 3 is 2.53 bits per heavy atom. The van der Waals surface area contributed by atoms with Crippen LogP contribution in [0.4, 0.5) is 0 Å². The van der Waals surface area contributed by atoms with Gasteiger partial charge in [-0.1, -0.05) is 48.5 Å². The van der Waals surface area contributed by atoms with E-state index in [1.807, 2.05) is 0 Å². The molecule has 0 spiro atoms. The molecule has 1 heteroatoms. The molecule has 0 saturated heterocycles. The number of rotatable bonds is 5. The first-order valence-corrected chi connectivity index (χ1v) is 6.93. The summed E-state index contributed by atoms with van der Waals surface area (Å²) in [6.07, 6.45) is 5.69. The molecule has 3 rings (SSSR count). The Balaban J connectivity index is 1.55. The molecule has 0 aliphatic heterocycles. The van der Waals surface area contributed by atoms with E-state index in [9.17, 15) is 0 Å². The fourth-order valence-electron chi connectivity index (χ4n) is 2.50. The van der Waals surface area contributed by atoms with E-state index in [1.54, 1.807) is 0 Å². The van der Waals surface area contributed by atoms with Crippen molar-refractivity contribution in [1.82, 2.24) is 4.57 Å². The smallest absolute Gasteiger partial charge is 0.0486 e. The summed E-state index contributed by atoms with van der Waals surface area (Å²) in [6.45, 7) is 1.08. The minimum atomic E-state index is 1.08. The first kappa shape index (κ1) is 12.0. The first-order chi connectivity index (χ1) is 9.43. The Labute approximate surface area is 114 Å². The molecule has 19 heavy (non-hydrogen) atoms. The molecule has 0 unspecified atom stereocenters. The minimum Gasteiger partial charge on any atom is -0.347 e. The van der Waals surface area contributed by atoms with E-state index in [4.69, 9.17) is 0 Å². The SMILES string of the molecule is [c]1cn(CCCCc2ccccc2)c2ccccc12. The van der Waals surface area contributed by atoms with Crippen LogP contribution in [0, 0.1) is 6.07 Å². The summed E-state index contributed by atoms with van der Waals surface area (Å²) in [4.78, 5) is 0. The average molecular weight is 248 g/mol. The Hall–Kier alpha value is -2.02. The van der Waals surface area contributed by atoms with Crippen LogP contribution in [0.5, 0.6) is 0 Å². The number of nitrogens with zero attached hydrogens (tertiary/aromatic N) is 1. The summed E-state index contributed by atoms with van der Waals surface area (Å²) < 4.78 is 2.31. The number of aryl methyl sites for hydroxylation is 2. The number of hydrogen-bond donors (Lipinski definition) is 0. The lowest BCUT2D eigenvalue weighted by atomic mass is 10.1. The van der Waals surface area contributed by atoms with Crippen LogP contribution in [-0.4, -0.2) is 4.57 Å². The molecule has 2 aromatic carbocycles. The molecule has 95 valence electrons. The number of hydrogen-bond acceptors (Lipinski definition) is 0. The fourth-order valence-corrected chi connectivity index (χ4v) is 2.50. The van der Waals surface area contributed by atoms with Crippen LogP contribution in [0.25, 0.3) is 10.9 Å². The quantitative estimate of drug-likeness (QED) is 0.587. The highest BCUT2D eigenvalue weighted by Crippen LogP contribution is 2.15. The lowest BCUT2D eigenvalue weighted by molar-refractivity contribution is 0.624. The van der Waals surface area contributed by atoms with Gasteiger partial charge >= 0.3 is 0 Å². The molecule has 1 radical (unpaired) electrons. The number of fused-ring (bicyclic) bond motifs is 1. The van der Waals surface area contributed by atoms with Gasteiger partial charge in [0.2, 0.25) is 0 Å². The van der Waals surface area contributed by atoms with Crippen molar-refractivity contribution in [2.75, 3.05) is 0 Å². The lowest BCUT2D eigenvalue weighted by Crippen LogP contribution is -1.96. The van der Waals surface area contributed by atoms with Crippen molar-refractivity contribution < 1.29 is 0 Å². The topological polar surface area (TPSA) is 4.93 Å². The summed E-state index contributed by atoms with van der Waals surface area (Å²) in [5.41, 5.74) is 2.73. The molecule has 0 aliphatic rings. The van der Waals surface area contributed by atoms with Crippen molar-refractivity contribution in [2.45, 2.75) is 25.8 Å². The Bertz CT molecular complexity index is 637. The van der Waals surface area contributed by atoms with Crippen LogP contribution < -0.4 is 0 Å². The highest BCUT2D eigenvalue weighted by Gasteiger charge is 2.00. The van der Waals surface area contributed by atoms with Crippen LogP contribution >= 0.6 is 0 Å². The molecule has 0 atom stereocenters. The van der Waals surface area contributed by atoms with Gasteiger partial charge in [0.05, 0.1) is 0 Å². The van der Waals surface area contributed by atoms with E-state index in [-0.39, 0.29) is 0 Å². The molecule has 1 nitrogen and oxygen atoms in total. The van der Waals surface area contributed by atoms with Gasteiger partial charge in [-0.3, -0.25) is 0 Å². The van der Waals surface area contributed by atoms with E-state index in [2.05, 4.69) is 71.4 Å². The largest absolute Gasteiger partial charge is 0.347 e. The maximum absolute atomic E-state index is 3.31. The minimum absolute atomic E-state index is 1.08. The van der Waals surface area contributed by atoms with Crippen LogP contribution in [0.1, 0.15) is 18.4 Å². The van der Waals surface area contributed by atoms with Crippen molar-refractivity contribution >= 4 is 10.9 Å². The third-order valence-corrected chi connectivity index (χ3v) is 3.55. The third-order valence-electron chi connectivity index (χ3n) is 3.55. The number of unbranched alkanes of at least 4 members (excludes halogenated alkanes) is 1. The summed E-state index contributed by atoms with van der Waals surface area (Å²) in [5, 5.41) is 1.21. The lowest BCUT2D eigenvalue weighted by Gasteiger charge is -2.05. The molecular weight excluding hydrogens is 230 g/mol. The van der Waals surface area contributed by atoms with Gasteiger partial charge in [0.15, 0.2) is 0 Å². The second-order valence-corrected chi connectivity index (χ2v) is 4.93. The fraction of sp³-hybridized carbons (Fsp3) is 0.222. The molecule has 3 aromatic rings. The van der Waals surface area contributed by atoms with E-state index in [0.717, 1.165) is 6.54 Å². The van der Waals surface area contributed by atoms with Crippen molar-refractivity contribution in [3.05, 3.63) is 72.4 Å². The van der Waals surface area contributed by atoms with Gasteiger partial charge in [-0.2, -0.15) is 0 Å². The molecule has 0 fully saturated rings. The van der Waals surface area contributed by atoms with Gasteiger partial charge in [0.1, 0.15) is 0 Å². The van der Waals surface area contributed by atoms with Gasteiger partial charge in [0, 0.05) is 29.7 Å².